The van der Waals surface area contributed by atoms with Crippen molar-refractivity contribution >= 4 is 17.5 Å². The van der Waals surface area contributed by atoms with Gasteiger partial charge in [0.2, 0.25) is 5.95 Å². The van der Waals surface area contributed by atoms with Crippen LogP contribution >= 0.6 is 0 Å². The van der Waals surface area contributed by atoms with Crippen LogP contribution in [0.4, 0.5) is 26.2 Å². The molecule has 0 amide bonds. The molecule has 1 aromatic carbocycles. The van der Waals surface area contributed by atoms with Gasteiger partial charge >= 0.3 is 0 Å². The second-order valence-electron chi connectivity index (χ2n) is 8.44. The lowest BCUT2D eigenvalue weighted by molar-refractivity contribution is 0.259. The molecule has 0 atom stereocenters. The minimum Gasteiger partial charge on any atom is -0.486 e. The van der Waals surface area contributed by atoms with Gasteiger partial charge in [0.15, 0.2) is 23.2 Å². The average molecular weight is 441 g/mol. The third-order valence-corrected chi connectivity index (χ3v) is 5.78. The Bertz CT molecular complexity index is 1160. The maximum atomic E-state index is 14.8. The first kappa shape index (κ1) is 20.6. The standard InChI is InChI=1S/C22H25F2N7O/c1-13(2)30-6-7-32-21-16(23)8-14(9-18(21)30)20-17(24)11-25-22(27-20)26-19-10-15-12-29(3)4-5-31(15)28-19/h8-11,13H,4-7,12H2,1-3H3,(H,25,26,27,28). The zero-order valence-electron chi connectivity index (χ0n) is 18.3. The van der Waals surface area contributed by atoms with Crippen LogP contribution in [-0.2, 0) is 13.1 Å². The summed E-state index contributed by atoms with van der Waals surface area (Å²) in [5.41, 5.74) is 2.02. The molecule has 2 aromatic heterocycles. The topological polar surface area (TPSA) is 71.3 Å². The summed E-state index contributed by atoms with van der Waals surface area (Å²) in [6, 6.07) is 5.05. The molecule has 0 saturated heterocycles. The summed E-state index contributed by atoms with van der Waals surface area (Å²) in [5, 5.41) is 7.58. The van der Waals surface area contributed by atoms with E-state index in [-0.39, 0.29) is 23.4 Å². The Labute approximate surface area is 184 Å². The SMILES string of the molecule is CC(C)N1CCOc2c(F)cc(-c3nc(Nc4cc5n(n4)CCN(C)C5)ncc3F)cc21. The Kier molecular flexibility index (Phi) is 5.16. The fraction of sp³-hybridized carbons (Fsp3) is 0.409. The number of ether oxygens (including phenoxy) is 1. The summed E-state index contributed by atoms with van der Waals surface area (Å²) < 4.78 is 37.0. The summed E-state index contributed by atoms with van der Waals surface area (Å²) in [6.07, 6.45) is 1.09. The molecule has 0 fully saturated rings. The summed E-state index contributed by atoms with van der Waals surface area (Å²) in [4.78, 5) is 12.6. The Morgan fingerprint density at radius 2 is 1.94 bits per heavy atom. The highest BCUT2D eigenvalue weighted by Crippen LogP contribution is 2.39. The molecule has 32 heavy (non-hydrogen) atoms. The van der Waals surface area contributed by atoms with Crippen molar-refractivity contribution in [1.29, 1.82) is 0 Å². The van der Waals surface area contributed by atoms with Gasteiger partial charge in [-0.25, -0.2) is 18.7 Å². The quantitative estimate of drug-likeness (QED) is 0.665. The number of hydrogen-bond acceptors (Lipinski definition) is 7. The first-order chi connectivity index (χ1) is 15.4. The second-order valence-corrected chi connectivity index (χ2v) is 8.44. The van der Waals surface area contributed by atoms with Crippen molar-refractivity contribution < 1.29 is 13.5 Å². The van der Waals surface area contributed by atoms with E-state index in [1.165, 1.54) is 6.07 Å². The average Bonchev–Trinajstić information content (AvgIpc) is 3.15. The number of benzene rings is 1. The molecule has 0 aliphatic carbocycles. The number of halogens is 2. The van der Waals surface area contributed by atoms with Crippen LogP contribution in [0.2, 0.25) is 0 Å². The summed E-state index contributed by atoms with van der Waals surface area (Å²) in [6.45, 7) is 7.60. The predicted octanol–water partition coefficient (Wildman–Crippen LogP) is 3.41. The van der Waals surface area contributed by atoms with Crippen LogP contribution in [0.3, 0.4) is 0 Å². The molecule has 8 nitrogen and oxygen atoms in total. The molecular weight excluding hydrogens is 416 g/mol. The van der Waals surface area contributed by atoms with Crippen LogP contribution in [0.15, 0.2) is 24.4 Å². The highest BCUT2D eigenvalue weighted by Gasteiger charge is 2.26. The molecule has 3 aromatic rings. The van der Waals surface area contributed by atoms with Crippen molar-refractivity contribution in [2.45, 2.75) is 33.0 Å². The Morgan fingerprint density at radius 1 is 1.09 bits per heavy atom. The van der Waals surface area contributed by atoms with Gasteiger partial charge in [-0.1, -0.05) is 0 Å². The summed E-state index contributed by atoms with van der Waals surface area (Å²) in [5.74, 6) is -0.200. The largest absolute Gasteiger partial charge is 0.486 e. The zero-order chi connectivity index (χ0) is 22.4. The van der Waals surface area contributed by atoms with E-state index in [4.69, 9.17) is 4.74 Å². The van der Waals surface area contributed by atoms with E-state index in [0.717, 1.165) is 31.5 Å². The van der Waals surface area contributed by atoms with E-state index in [1.54, 1.807) is 6.07 Å². The van der Waals surface area contributed by atoms with Crippen LogP contribution in [0.5, 0.6) is 5.75 Å². The van der Waals surface area contributed by atoms with E-state index < -0.39 is 11.6 Å². The number of fused-ring (bicyclic) bond motifs is 2. The molecule has 0 radical (unpaired) electrons. The number of nitrogens with one attached hydrogen (secondary N) is 1. The molecule has 4 heterocycles. The van der Waals surface area contributed by atoms with E-state index in [1.807, 2.05) is 29.5 Å². The molecule has 5 rings (SSSR count). The number of aromatic nitrogens is 4. The smallest absolute Gasteiger partial charge is 0.229 e. The normalized spacial score (nSPS) is 16.0. The summed E-state index contributed by atoms with van der Waals surface area (Å²) in [7, 11) is 2.06. The maximum Gasteiger partial charge on any atom is 0.229 e. The van der Waals surface area contributed by atoms with Crippen molar-refractivity contribution in [3.05, 3.63) is 41.7 Å². The maximum absolute atomic E-state index is 14.8. The van der Waals surface area contributed by atoms with Crippen molar-refractivity contribution in [3.63, 3.8) is 0 Å². The molecule has 0 saturated carbocycles. The third-order valence-electron chi connectivity index (χ3n) is 5.78. The van der Waals surface area contributed by atoms with Gasteiger partial charge < -0.3 is 15.0 Å². The number of likely N-dealkylation sites (N-methyl/N-ethyl adjacent to an activating group) is 1. The molecule has 1 N–H and O–H groups in total. The number of hydrogen-bond donors (Lipinski definition) is 1. The molecule has 0 unspecified atom stereocenters. The molecule has 10 heteroatoms. The Balaban J connectivity index is 1.48. The van der Waals surface area contributed by atoms with Crippen molar-refractivity contribution in [1.82, 2.24) is 24.6 Å². The first-order valence-electron chi connectivity index (χ1n) is 10.7. The minimum atomic E-state index is -0.631. The van der Waals surface area contributed by atoms with Crippen molar-refractivity contribution in [2.24, 2.45) is 0 Å². The molecule has 2 aliphatic heterocycles. The van der Waals surface area contributed by atoms with Gasteiger partial charge in [-0.2, -0.15) is 5.10 Å². The molecule has 0 bridgehead atoms. The fourth-order valence-corrected chi connectivity index (χ4v) is 4.18. The first-order valence-corrected chi connectivity index (χ1v) is 10.7. The van der Waals surface area contributed by atoms with E-state index >= 15 is 0 Å². The lowest BCUT2D eigenvalue weighted by Gasteiger charge is -2.34. The molecule has 2 aliphatic rings. The minimum absolute atomic E-state index is 0.0159. The van der Waals surface area contributed by atoms with Gasteiger partial charge in [0, 0.05) is 30.8 Å². The van der Waals surface area contributed by atoms with Crippen LogP contribution in [0, 0.1) is 11.6 Å². The van der Waals surface area contributed by atoms with Crippen LogP contribution in [0.25, 0.3) is 11.3 Å². The highest BCUT2D eigenvalue weighted by molar-refractivity contribution is 5.73. The van der Waals surface area contributed by atoms with Gasteiger partial charge in [-0.15, -0.1) is 0 Å². The van der Waals surface area contributed by atoms with Crippen molar-refractivity contribution in [2.75, 3.05) is 37.0 Å². The van der Waals surface area contributed by atoms with Crippen LogP contribution in [0.1, 0.15) is 19.5 Å². The Morgan fingerprint density at radius 3 is 2.75 bits per heavy atom. The van der Waals surface area contributed by atoms with Gasteiger partial charge in [0.05, 0.1) is 30.7 Å². The monoisotopic (exact) mass is 441 g/mol. The highest BCUT2D eigenvalue weighted by atomic mass is 19.1. The van der Waals surface area contributed by atoms with Crippen molar-refractivity contribution in [3.8, 4) is 17.0 Å². The van der Waals surface area contributed by atoms with Gasteiger partial charge in [0.25, 0.3) is 0 Å². The van der Waals surface area contributed by atoms with Gasteiger partial charge in [-0.3, -0.25) is 9.58 Å². The van der Waals surface area contributed by atoms with Gasteiger partial charge in [0.1, 0.15) is 12.3 Å². The van der Waals surface area contributed by atoms with E-state index in [9.17, 15) is 8.78 Å². The lowest BCUT2D eigenvalue weighted by atomic mass is 10.1. The lowest BCUT2D eigenvalue weighted by Crippen LogP contribution is -2.38. The van der Waals surface area contributed by atoms with Crippen LogP contribution in [-0.4, -0.2) is 57.4 Å². The second kappa shape index (κ2) is 8.01. The Hall–Kier alpha value is -3.27. The van der Waals surface area contributed by atoms with Crippen LogP contribution < -0.4 is 15.0 Å². The number of nitrogens with zero attached hydrogens (tertiary/aromatic N) is 6. The van der Waals surface area contributed by atoms with E-state index in [0.29, 0.717) is 30.2 Å². The molecule has 168 valence electrons. The fourth-order valence-electron chi connectivity index (χ4n) is 4.18. The van der Waals surface area contributed by atoms with E-state index in [2.05, 4.69) is 32.3 Å². The summed E-state index contributed by atoms with van der Waals surface area (Å²) >= 11 is 0. The number of anilines is 3. The molecular formula is C22H25F2N7O. The predicted molar refractivity (Wildman–Crippen MR) is 117 cm³/mol. The zero-order valence-corrected chi connectivity index (χ0v) is 18.3. The number of rotatable bonds is 4. The molecule has 0 spiro atoms. The van der Waals surface area contributed by atoms with Gasteiger partial charge in [-0.05, 0) is 33.0 Å². The third kappa shape index (κ3) is 3.75.